The van der Waals surface area contributed by atoms with Crippen LogP contribution >= 0.6 is 0 Å². The minimum absolute atomic E-state index is 0.0107. The molecule has 2 aliphatic rings. The molecule has 0 bridgehead atoms. The van der Waals surface area contributed by atoms with Crippen molar-refractivity contribution in [2.45, 2.75) is 57.8 Å². The van der Waals surface area contributed by atoms with E-state index < -0.39 is 28.3 Å². The Labute approximate surface area is 182 Å². The Hall–Kier alpha value is -1.95. The van der Waals surface area contributed by atoms with E-state index in [0.717, 1.165) is 0 Å². The van der Waals surface area contributed by atoms with Gasteiger partial charge in [0.05, 0.1) is 26.4 Å². The fourth-order valence-corrected chi connectivity index (χ4v) is 5.78. The Morgan fingerprint density at radius 1 is 1.10 bits per heavy atom. The van der Waals surface area contributed by atoms with Gasteiger partial charge in [-0.25, -0.2) is 17.9 Å². The van der Waals surface area contributed by atoms with Crippen molar-refractivity contribution in [1.82, 2.24) is 14.2 Å². The third-order valence-corrected chi connectivity index (χ3v) is 7.46. The van der Waals surface area contributed by atoms with Gasteiger partial charge in [0, 0.05) is 43.9 Å². The summed E-state index contributed by atoms with van der Waals surface area (Å²) in [6.07, 6.45) is 1.10. The van der Waals surface area contributed by atoms with Crippen molar-refractivity contribution in [3.05, 3.63) is 17.0 Å². The van der Waals surface area contributed by atoms with Crippen LogP contribution in [0.5, 0.6) is 0 Å². The van der Waals surface area contributed by atoms with Gasteiger partial charge in [0.2, 0.25) is 15.9 Å². The molecule has 0 saturated carbocycles. The van der Waals surface area contributed by atoms with Crippen LogP contribution in [0.4, 0.5) is 0 Å². The number of amides is 1. The quantitative estimate of drug-likeness (QED) is 0.606. The first kappa shape index (κ1) is 23.7. The maximum absolute atomic E-state index is 13.1. The molecule has 1 spiro atoms. The van der Waals surface area contributed by atoms with Gasteiger partial charge in [0.1, 0.15) is 10.5 Å². The Balaban J connectivity index is 1.73. The highest BCUT2D eigenvalue weighted by Crippen LogP contribution is 2.31. The van der Waals surface area contributed by atoms with E-state index in [1.54, 1.807) is 30.2 Å². The number of nitrogens with zero attached hydrogens (tertiary/aromatic N) is 2. The smallest absolute Gasteiger partial charge is 0.341 e. The number of piperidine rings is 1. The molecule has 2 aliphatic heterocycles. The van der Waals surface area contributed by atoms with Gasteiger partial charge in [0.15, 0.2) is 5.79 Å². The summed E-state index contributed by atoms with van der Waals surface area (Å²) in [5.41, 5.74) is 0.957. The fraction of sp³-hybridized carbons (Fsp3) is 0.700. The number of nitrogens with one attached hydrogen (secondary N) is 1. The standard InChI is InChI=1S/C20H31N3O7S/c1-5-23-14(3)17(19(25)28-6-2)18(15(23)4)31(26,27)21-13-16(24)22-9-7-20(8-10-22)29-11-12-30-20/h21H,5-13H2,1-4H3. The van der Waals surface area contributed by atoms with Gasteiger partial charge in [-0.2, -0.15) is 0 Å². The number of esters is 1. The zero-order chi connectivity index (χ0) is 22.8. The van der Waals surface area contributed by atoms with Gasteiger partial charge in [-0.05, 0) is 27.7 Å². The van der Waals surface area contributed by atoms with Gasteiger partial charge in [-0.15, -0.1) is 0 Å². The van der Waals surface area contributed by atoms with Crippen LogP contribution in [0.25, 0.3) is 0 Å². The average molecular weight is 458 g/mol. The molecule has 0 aromatic carbocycles. The van der Waals surface area contributed by atoms with Crippen LogP contribution in [-0.4, -0.2) is 75.0 Å². The molecular formula is C20H31N3O7S. The van der Waals surface area contributed by atoms with Gasteiger partial charge in [0.25, 0.3) is 0 Å². The van der Waals surface area contributed by atoms with Crippen molar-refractivity contribution in [3.8, 4) is 0 Å². The molecule has 10 nitrogen and oxygen atoms in total. The Morgan fingerprint density at radius 3 is 2.26 bits per heavy atom. The van der Waals surface area contributed by atoms with Crippen LogP contribution in [0, 0.1) is 13.8 Å². The van der Waals surface area contributed by atoms with Gasteiger partial charge >= 0.3 is 5.97 Å². The SMILES string of the molecule is CCOC(=O)c1c(S(=O)(=O)NCC(=O)N2CCC3(CC2)OCCO3)c(C)n(CC)c1C. The van der Waals surface area contributed by atoms with Crippen LogP contribution in [0.1, 0.15) is 48.4 Å². The van der Waals surface area contributed by atoms with Crippen molar-refractivity contribution >= 4 is 21.9 Å². The first-order valence-electron chi connectivity index (χ1n) is 10.6. The number of hydrogen-bond acceptors (Lipinski definition) is 7. The van der Waals surface area contributed by atoms with Crippen LogP contribution < -0.4 is 4.72 Å². The molecule has 3 rings (SSSR count). The molecule has 0 unspecified atom stereocenters. The molecule has 0 radical (unpaired) electrons. The number of rotatable bonds is 7. The summed E-state index contributed by atoms with van der Waals surface area (Å²) in [5, 5.41) is 0. The van der Waals surface area contributed by atoms with Crippen molar-refractivity contribution in [2.24, 2.45) is 0 Å². The second-order valence-electron chi connectivity index (χ2n) is 7.65. The van der Waals surface area contributed by atoms with Crippen LogP contribution in [-0.2, 0) is 35.6 Å². The highest BCUT2D eigenvalue weighted by Gasteiger charge is 2.41. The minimum atomic E-state index is -4.12. The Morgan fingerprint density at radius 2 is 1.71 bits per heavy atom. The van der Waals surface area contributed by atoms with Crippen molar-refractivity contribution in [2.75, 3.05) is 39.5 Å². The molecule has 11 heteroatoms. The fourth-order valence-electron chi connectivity index (χ4n) is 4.32. The minimum Gasteiger partial charge on any atom is -0.462 e. The molecule has 2 fully saturated rings. The number of carbonyl (C=O) groups excluding carboxylic acids is 2. The van der Waals surface area contributed by atoms with E-state index in [1.807, 2.05) is 6.92 Å². The van der Waals surface area contributed by atoms with Gasteiger partial charge in [-0.3, -0.25) is 4.79 Å². The summed E-state index contributed by atoms with van der Waals surface area (Å²) in [7, 11) is -4.12. The third-order valence-electron chi connectivity index (χ3n) is 5.90. The van der Waals surface area contributed by atoms with Gasteiger partial charge in [-0.1, -0.05) is 0 Å². The Kier molecular flexibility index (Phi) is 7.09. The predicted molar refractivity (Wildman–Crippen MR) is 111 cm³/mol. The summed E-state index contributed by atoms with van der Waals surface area (Å²) in [4.78, 5) is 26.6. The van der Waals surface area contributed by atoms with Crippen molar-refractivity contribution in [1.29, 1.82) is 0 Å². The van der Waals surface area contributed by atoms with Crippen molar-refractivity contribution < 1.29 is 32.2 Å². The first-order chi connectivity index (χ1) is 14.7. The summed E-state index contributed by atoms with van der Waals surface area (Å²) >= 11 is 0. The molecule has 0 atom stereocenters. The lowest BCUT2D eigenvalue weighted by Crippen LogP contribution is -2.49. The lowest BCUT2D eigenvalue weighted by molar-refractivity contribution is -0.187. The van der Waals surface area contributed by atoms with Crippen molar-refractivity contribution in [3.63, 3.8) is 0 Å². The summed E-state index contributed by atoms with van der Waals surface area (Å²) < 4.78 is 46.7. The number of ether oxygens (including phenoxy) is 3. The zero-order valence-electron chi connectivity index (χ0n) is 18.5. The molecule has 174 valence electrons. The predicted octanol–water partition coefficient (Wildman–Crippen LogP) is 0.945. The van der Waals surface area contributed by atoms with Crippen LogP contribution in [0.3, 0.4) is 0 Å². The van der Waals surface area contributed by atoms with E-state index in [1.165, 1.54) is 0 Å². The number of sulfonamides is 1. The molecule has 3 heterocycles. The third kappa shape index (κ3) is 4.64. The van der Waals surface area contributed by atoms with Crippen LogP contribution in [0.2, 0.25) is 0 Å². The average Bonchev–Trinajstić information content (AvgIpc) is 3.29. The first-order valence-corrected chi connectivity index (χ1v) is 12.1. The lowest BCUT2D eigenvalue weighted by Gasteiger charge is -2.37. The molecule has 0 aliphatic carbocycles. The molecule has 1 aromatic heterocycles. The number of carbonyl (C=O) groups is 2. The monoisotopic (exact) mass is 457 g/mol. The topological polar surface area (TPSA) is 116 Å². The largest absolute Gasteiger partial charge is 0.462 e. The summed E-state index contributed by atoms with van der Waals surface area (Å²) in [6.45, 7) is 9.04. The highest BCUT2D eigenvalue weighted by molar-refractivity contribution is 7.89. The maximum Gasteiger partial charge on any atom is 0.341 e. The molecule has 1 amide bonds. The summed E-state index contributed by atoms with van der Waals surface area (Å²) in [5.74, 6) is -1.64. The number of hydrogen-bond donors (Lipinski definition) is 1. The normalized spacial score (nSPS) is 18.5. The number of likely N-dealkylation sites (tertiary alicyclic amines) is 1. The zero-order valence-corrected chi connectivity index (χ0v) is 19.3. The van der Waals surface area contributed by atoms with Crippen LogP contribution in [0.15, 0.2) is 4.90 Å². The van der Waals surface area contributed by atoms with E-state index in [9.17, 15) is 18.0 Å². The van der Waals surface area contributed by atoms with E-state index in [0.29, 0.717) is 57.1 Å². The van der Waals surface area contributed by atoms with E-state index >= 15 is 0 Å². The van der Waals surface area contributed by atoms with E-state index in [-0.39, 0.29) is 23.0 Å². The second kappa shape index (κ2) is 9.27. The molecule has 1 aromatic rings. The highest BCUT2D eigenvalue weighted by atomic mass is 32.2. The lowest BCUT2D eigenvalue weighted by atomic mass is 10.0. The maximum atomic E-state index is 13.1. The Bertz CT molecular complexity index is 938. The van der Waals surface area contributed by atoms with E-state index in [2.05, 4.69) is 4.72 Å². The molecule has 2 saturated heterocycles. The number of aromatic nitrogens is 1. The van der Waals surface area contributed by atoms with E-state index in [4.69, 9.17) is 14.2 Å². The van der Waals surface area contributed by atoms with Gasteiger partial charge < -0.3 is 23.7 Å². The molecule has 31 heavy (non-hydrogen) atoms. The molecular weight excluding hydrogens is 426 g/mol. The molecule has 1 N–H and O–H groups in total. The second-order valence-corrected chi connectivity index (χ2v) is 9.36. The summed E-state index contributed by atoms with van der Waals surface area (Å²) in [6, 6.07) is 0.